The molecule has 0 fully saturated rings. The molecule has 0 aliphatic heterocycles. The van der Waals surface area contributed by atoms with E-state index in [0.29, 0.717) is 12.8 Å². The number of unbranched alkanes of at least 4 members (excludes halogenated alkanes) is 4. The Bertz CT molecular complexity index is 238. The molecule has 4 heteroatoms. The van der Waals surface area contributed by atoms with E-state index in [1.165, 1.54) is 19.3 Å². The van der Waals surface area contributed by atoms with E-state index in [-0.39, 0.29) is 5.78 Å². The van der Waals surface area contributed by atoms with Crippen LogP contribution in [0, 0.1) is 0 Å². The average molecular weight is 277 g/mol. The Labute approximate surface area is 113 Å². The quantitative estimate of drug-likeness (QED) is 0.382. The molecule has 0 aliphatic carbocycles. The van der Waals surface area contributed by atoms with Crippen molar-refractivity contribution in [3.05, 3.63) is 0 Å². The molecule has 0 heterocycles. The Balaban J connectivity index is 4.19. The maximum atomic E-state index is 12.2. The van der Waals surface area contributed by atoms with E-state index in [0.717, 1.165) is 12.8 Å². The highest BCUT2D eigenvalue weighted by atomic mass is 32.1. The fraction of sp³-hybridized carbons (Fsp3) is 0.923. The first kappa shape index (κ1) is 17.2. The zero-order valence-electron chi connectivity index (χ0n) is 11.8. The average Bonchev–Trinajstić information content (AvgIpc) is 2.25. The second kappa shape index (κ2) is 7.59. The van der Waals surface area contributed by atoms with Crippen molar-refractivity contribution in [2.75, 3.05) is 0 Å². The maximum absolute atomic E-state index is 12.2. The Hall–Kier alpha value is 0.197. The van der Waals surface area contributed by atoms with Crippen molar-refractivity contribution in [1.29, 1.82) is 0 Å². The summed E-state index contributed by atoms with van der Waals surface area (Å²) < 4.78 is -0.766. The van der Waals surface area contributed by atoms with Gasteiger partial charge in [-0.05, 0) is 25.9 Å². The summed E-state index contributed by atoms with van der Waals surface area (Å²) in [5.41, 5.74) is 0. The summed E-state index contributed by atoms with van der Waals surface area (Å²) in [6, 6.07) is 0. The van der Waals surface area contributed by atoms with E-state index in [4.69, 9.17) is 0 Å². The molecule has 0 radical (unpaired) electrons. The lowest BCUT2D eigenvalue weighted by Crippen LogP contribution is -2.55. The van der Waals surface area contributed by atoms with Crippen LogP contribution >= 0.6 is 12.6 Å². The van der Waals surface area contributed by atoms with Gasteiger partial charge >= 0.3 is 0 Å². The number of carbonyl (C=O) groups is 1. The molecule has 0 rings (SSSR count). The Morgan fingerprint density at radius 2 is 1.71 bits per heavy atom. The van der Waals surface area contributed by atoms with Gasteiger partial charge in [0.25, 0.3) is 0 Å². The van der Waals surface area contributed by atoms with Crippen LogP contribution in [0.3, 0.4) is 0 Å². The van der Waals surface area contributed by atoms with Gasteiger partial charge in [-0.1, -0.05) is 39.5 Å². The molecule has 17 heavy (non-hydrogen) atoms. The Morgan fingerprint density at radius 1 is 1.18 bits per heavy atom. The SMILES string of the molecule is CCCCCCCC(=O)[C@@](S)(CC)[Si](C)(C)O. The van der Waals surface area contributed by atoms with Gasteiger partial charge in [0.15, 0.2) is 0 Å². The highest BCUT2D eigenvalue weighted by Crippen LogP contribution is 2.32. The van der Waals surface area contributed by atoms with Crippen LogP contribution in [-0.4, -0.2) is 23.3 Å². The number of hydrogen-bond donors (Lipinski definition) is 2. The molecule has 0 saturated carbocycles. The van der Waals surface area contributed by atoms with Crippen LogP contribution in [0.5, 0.6) is 0 Å². The van der Waals surface area contributed by atoms with E-state index < -0.39 is 12.7 Å². The molecular formula is C13H28O2SSi. The van der Waals surface area contributed by atoms with E-state index in [1.807, 2.05) is 6.92 Å². The van der Waals surface area contributed by atoms with Crippen molar-refractivity contribution < 1.29 is 9.59 Å². The zero-order valence-corrected chi connectivity index (χ0v) is 13.6. The van der Waals surface area contributed by atoms with Crippen LogP contribution in [-0.2, 0) is 4.79 Å². The van der Waals surface area contributed by atoms with Gasteiger partial charge in [0.05, 0.1) is 4.37 Å². The van der Waals surface area contributed by atoms with Crippen LogP contribution in [0.1, 0.15) is 58.8 Å². The first-order valence-corrected chi connectivity index (χ1v) is 10.2. The second-order valence-corrected chi connectivity index (χ2v) is 10.5. The summed E-state index contributed by atoms with van der Waals surface area (Å²) in [7, 11) is -2.53. The molecule has 1 N–H and O–H groups in total. The van der Waals surface area contributed by atoms with Gasteiger partial charge < -0.3 is 4.80 Å². The third-order valence-electron chi connectivity index (χ3n) is 3.49. The molecule has 1 atom stereocenters. The van der Waals surface area contributed by atoms with E-state index >= 15 is 0 Å². The van der Waals surface area contributed by atoms with Crippen LogP contribution in [0.4, 0.5) is 0 Å². The summed E-state index contributed by atoms with van der Waals surface area (Å²) in [5, 5.41) is 0. The highest BCUT2D eigenvalue weighted by Gasteiger charge is 2.47. The monoisotopic (exact) mass is 276 g/mol. The smallest absolute Gasteiger partial charge is 0.205 e. The largest absolute Gasteiger partial charge is 0.430 e. The second-order valence-electron chi connectivity index (χ2n) is 5.36. The molecule has 0 aromatic carbocycles. The Morgan fingerprint density at radius 3 is 2.12 bits per heavy atom. The van der Waals surface area contributed by atoms with Crippen LogP contribution in [0.2, 0.25) is 13.1 Å². The minimum atomic E-state index is -2.53. The van der Waals surface area contributed by atoms with Gasteiger partial charge in [0.1, 0.15) is 5.78 Å². The van der Waals surface area contributed by atoms with E-state index in [2.05, 4.69) is 19.6 Å². The number of thiol groups is 1. The van der Waals surface area contributed by atoms with Crippen molar-refractivity contribution in [1.82, 2.24) is 0 Å². The van der Waals surface area contributed by atoms with Crippen LogP contribution in [0.15, 0.2) is 0 Å². The molecule has 102 valence electrons. The first-order chi connectivity index (χ1) is 7.79. The van der Waals surface area contributed by atoms with Gasteiger partial charge in [-0.15, -0.1) is 0 Å². The summed E-state index contributed by atoms with van der Waals surface area (Å²) in [6.45, 7) is 7.73. The number of Topliss-reactive ketones (excluding diaryl/α,β-unsaturated/α-hetero) is 1. The molecule has 0 amide bonds. The van der Waals surface area contributed by atoms with Gasteiger partial charge in [0, 0.05) is 6.42 Å². The molecular weight excluding hydrogens is 248 g/mol. The van der Waals surface area contributed by atoms with E-state index in [1.54, 1.807) is 13.1 Å². The summed E-state index contributed by atoms with van der Waals surface area (Å²) in [6.07, 6.45) is 6.91. The summed E-state index contributed by atoms with van der Waals surface area (Å²) in [4.78, 5) is 22.4. The number of ketones is 1. The van der Waals surface area contributed by atoms with Crippen LogP contribution < -0.4 is 0 Å². The molecule has 0 aliphatic rings. The lowest BCUT2D eigenvalue weighted by molar-refractivity contribution is -0.120. The minimum Gasteiger partial charge on any atom is -0.430 e. The molecule has 0 unspecified atom stereocenters. The van der Waals surface area contributed by atoms with Crippen molar-refractivity contribution >= 4 is 26.7 Å². The molecule has 0 spiro atoms. The van der Waals surface area contributed by atoms with Gasteiger partial charge in [-0.25, -0.2) is 0 Å². The van der Waals surface area contributed by atoms with Crippen molar-refractivity contribution in [3.8, 4) is 0 Å². The lowest BCUT2D eigenvalue weighted by atomic mass is 10.1. The lowest BCUT2D eigenvalue weighted by Gasteiger charge is -2.35. The van der Waals surface area contributed by atoms with E-state index in [9.17, 15) is 9.59 Å². The van der Waals surface area contributed by atoms with Crippen molar-refractivity contribution in [3.63, 3.8) is 0 Å². The topological polar surface area (TPSA) is 37.3 Å². The molecule has 0 aromatic rings. The normalized spacial score (nSPS) is 15.6. The van der Waals surface area contributed by atoms with Gasteiger partial charge in [0.2, 0.25) is 8.32 Å². The maximum Gasteiger partial charge on any atom is 0.205 e. The number of hydrogen-bond acceptors (Lipinski definition) is 3. The molecule has 0 bridgehead atoms. The summed E-state index contributed by atoms with van der Waals surface area (Å²) in [5.74, 6) is 0.138. The van der Waals surface area contributed by atoms with Gasteiger partial charge in [-0.2, -0.15) is 12.6 Å². The molecule has 0 saturated heterocycles. The van der Waals surface area contributed by atoms with Gasteiger partial charge in [-0.3, -0.25) is 4.79 Å². The summed E-state index contributed by atoms with van der Waals surface area (Å²) >= 11 is 4.50. The fourth-order valence-electron chi connectivity index (χ4n) is 2.07. The standard InChI is InChI=1S/C13H28O2SSi/c1-5-7-8-9-10-11-12(14)13(16,6-2)17(3,4)15/h15-16H,5-11H2,1-4H3/t13-/m1/s1. The fourth-order valence-corrected chi connectivity index (χ4v) is 3.85. The van der Waals surface area contributed by atoms with Crippen molar-refractivity contribution in [2.24, 2.45) is 0 Å². The van der Waals surface area contributed by atoms with Crippen LogP contribution in [0.25, 0.3) is 0 Å². The van der Waals surface area contributed by atoms with Crippen molar-refractivity contribution in [2.45, 2.75) is 76.3 Å². The zero-order chi connectivity index (χ0) is 13.5. The predicted octanol–water partition coefficient (Wildman–Crippen LogP) is 3.73. The predicted molar refractivity (Wildman–Crippen MR) is 80.1 cm³/mol. The number of carbonyl (C=O) groups excluding carboxylic acids is 1. The number of rotatable bonds is 9. The minimum absolute atomic E-state index is 0.138. The Kier molecular flexibility index (Phi) is 7.68. The highest BCUT2D eigenvalue weighted by molar-refractivity contribution is 7.85. The molecule has 2 nitrogen and oxygen atoms in total. The molecule has 0 aromatic heterocycles. The third kappa shape index (κ3) is 5.14. The third-order valence-corrected chi connectivity index (χ3v) is 8.36. The first-order valence-electron chi connectivity index (χ1n) is 6.77.